The van der Waals surface area contributed by atoms with Gasteiger partial charge >= 0.3 is 5.97 Å². The van der Waals surface area contributed by atoms with Crippen LogP contribution in [0.4, 0.5) is 4.39 Å². The summed E-state index contributed by atoms with van der Waals surface area (Å²) in [6, 6.07) is 6.16. The number of amides is 1. The first-order valence-electron chi connectivity index (χ1n) is 9.58. The predicted octanol–water partition coefficient (Wildman–Crippen LogP) is 3.31. The zero-order chi connectivity index (χ0) is 19.6. The Hall–Kier alpha value is -2.21. The van der Waals surface area contributed by atoms with Gasteiger partial charge < -0.3 is 15.1 Å². The van der Waals surface area contributed by atoms with Gasteiger partial charge in [-0.05, 0) is 37.0 Å². The quantitative estimate of drug-likeness (QED) is 0.458. The lowest BCUT2D eigenvalue weighted by Crippen LogP contribution is -2.32. The van der Waals surface area contributed by atoms with E-state index < -0.39 is 12.1 Å². The van der Waals surface area contributed by atoms with Crippen LogP contribution >= 0.6 is 0 Å². The summed E-state index contributed by atoms with van der Waals surface area (Å²) in [4.78, 5) is 24.4. The number of aliphatic carboxylic acids is 1. The second-order valence-electron chi connectivity index (χ2n) is 7.04. The largest absolute Gasteiger partial charge is 0.481 e. The number of carbonyl (C=O) groups excluding carboxylic acids is 1. The van der Waals surface area contributed by atoms with E-state index >= 15 is 0 Å². The average molecular weight is 377 g/mol. The van der Waals surface area contributed by atoms with Crippen LogP contribution in [-0.4, -0.2) is 45.7 Å². The molecule has 5 nitrogen and oxygen atoms in total. The SMILES string of the molecule is O=C(O)CCCCCCN1C(=O)CC[C@@H]1C=C[C@@H](O)Cc1cccc(F)c1. The van der Waals surface area contributed by atoms with Gasteiger partial charge in [0, 0.05) is 25.8 Å². The Bertz CT molecular complexity index is 661. The van der Waals surface area contributed by atoms with Crippen LogP contribution in [-0.2, 0) is 16.0 Å². The molecule has 1 aliphatic heterocycles. The smallest absolute Gasteiger partial charge is 0.303 e. The van der Waals surface area contributed by atoms with Gasteiger partial charge in [-0.15, -0.1) is 0 Å². The third kappa shape index (κ3) is 7.51. The topological polar surface area (TPSA) is 77.8 Å². The first-order valence-corrected chi connectivity index (χ1v) is 9.58. The van der Waals surface area contributed by atoms with E-state index in [-0.39, 0.29) is 24.2 Å². The standard InChI is InChI=1S/C21H28FNO4/c22-17-7-5-6-16(14-17)15-19(24)11-9-18-10-12-20(25)23(18)13-4-2-1-3-8-21(26)27/h5-7,9,11,14,18-19,24H,1-4,8,10,12-13,15H2,(H,26,27)/t18-,19+/m0/s1. The molecule has 1 aromatic carbocycles. The van der Waals surface area contributed by atoms with Gasteiger partial charge in [-0.1, -0.05) is 37.1 Å². The van der Waals surface area contributed by atoms with E-state index in [1.54, 1.807) is 18.2 Å². The molecule has 0 radical (unpaired) electrons. The molecular formula is C21H28FNO4. The van der Waals surface area contributed by atoms with Gasteiger partial charge in [0.2, 0.25) is 5.91 Å². The van der Waals surface area contributed by atoms with Gasteiger partial charge in [-0.3, -0.25) is 9.59 Å². The number of rotatable bonds is 11. The third-order valence-corrected chi connectivity index (χ3v) is 4.80. The lowest BCUT2D eigenvalue weighted by molar-refractivity contribution is -0.137. The number of hydrogen-bond donors (Lipinski definition) is 2. The number of benzene rings is 1. The summed E-state index contributed by atoms with van der Waals surface area (Å²) in [5.41, 5.74) is 0.730. The fourth-order valence-corrected chi connectivity index (χ4v) is 3.39. The van der Waals surface area contributed by atoms with E-state index in [9.17, 15) is 19.1 Å². The monoisotopic (exact) mass is 377 g/mol. The number of halogens is 1. The van der Waals surface area contributed by atoms with Gasteiger partial charge in [-0.25, -0.2) is 4.39 Å². The van der Waals surface area contributed by atoms with Crippen molar-refractivity contribution in [1.29, 1.82) is 0 Å². The second kappa shape index (κ2) is 10.8. The van der Waals surface area contributed by atoms with Gasteiger partial charge in [0.15, 0.2) is 0 Å². The molecule has 0 saturated carbocycles. The minimum absolute atomic E-state index is 0.0151. The summed E-state index contributed by atoms with van der Waals surface area (Å²) >= 11 is 0. The van der Waals surface area contributed by atoms with Crippen LogP contribution in [0, 0.1) is 5.82 Å². The van der Waals surface area contributed by atoms with Gasteiger partial charge in [0.25, 0.3) is 0 Å². The Balaban J connectivity index is 1.77. The van der Waals surface area contributed by atoms with E-state index in [1.165, 1.54) is 12.1 Å². The van der Waals surface area contributed by atoms with Crippen LogP contribution < -0.4 is 0 Å². The number of carboxylic acids is 1. The Kier molecular flexibility index (Phi) is 8.45. The highest BCUT2D eigenvalue weighted by Gasteiger charge is 2.28. The van der Waals surface area contributed by atoms with E-state index in [2.05, 4.69) is 0 Å². The molecule has 1 saturated heterocycles. The molecule has 148 valence electrons. The number of aliphatic hydroxyl groups excluding tert-OH is 1. The summed E-state index contributed by atoms with van der Waals surface area (Å²) in [6.45, 7) is 0.654. The fraction of sp³-hybridized carbons (Fsp3) is 0.524. The normalized spacial score (nSPS) is 18.4. The first-order chi connectivity index (χ1) is 13.0. The number of likely N-dealkylation sites (tertiary alicyclic amines) is 1. The van der Waals surface area contributed by atoms with E-state index in [1.807, 2.05) is 11.0 Å². The molecule has 2 rings (SSSR count). The van der Waals surface area contributed by atoms with Crippen LogP contribution in [0.1, 0.15) is 50.5 Å². The lowest BCUT2D eigenvalue weighted by Gasteiger charge is -2.22. The predicted molar refractivity (Wildman–Crippen MR) is 101 cm³/mol. The summed E-state index contributed by atoms with van der Waals surface area (Å²) in [5.74, 6) is -0.971. The highest BCUT2D eigenvalue weighted by Crippen LogP contribution is 2.21. The average Bonchev–Trinajstić information content (AvgIpc) is 2.96. The number of hydrogen-bond acceptors (Lipinski definition) is 3. The van der Waals surface area contributed by atoms with Gasteiger partial charge in [-0.2, -0.15) is 0 Å². The Labute approximate surface area is 159 Å². The Morgan fingerprint density at radius 2 is 2.07 bits per heavy atom. The van der Waals surface area contributed by atoms with E-state index in [4.69, 9.17) is 5.11 Å². The van der Waals surface area contributed by atoms with E-state index in [0.29, 0.717) is 25.8 Å². The van der Waals surface area contributed by atoms with Crippen molar-refractivity contribution in [3.63, 3.8) is 0 Å². The molecule has 1 heterocycles. The van der Waals surface area contributed by atoms with Crippen molar-refractivity contribution in [3.05, 3.63) is 47.8 Å². The molecular weight excluding hydrogens is 349 g/mol. The number of nitrogens with zero attached hydrogens (tertiary/aromatic N) is 1. The number of carboxylic acid groups (broad SMARTS) is 1. The maximum absolute atomic E-state index is 13.2. The summed E-state index contributed by atoms with van der Waals surface area (Å²) in [7, 11) is 0. The van der Waals surface area contributed by atoms with Crippen LogP contribution in [0.25, 0.3) is 0 Å². The summed E-state index contributed by atoms with van der Waals surface area (Å²) in [6.07, 6.45) is 7.87. The third-order valence-electron chi connectivity index (χ3n) is 4.80. The fourth-order valence-electron chi connectivity index (χ4n) is 3.39. The van der Waals surface area contributed by atoms with Crippen LogP contribution in [0.5, 0.6) is 0 Å². The minimum Gasteiger partial charge on any atom is -0.481 e. The molecule has 1 amide bonds. The molecule has 0 spiro atoms. The van der Waals surface area contributed by atoms with Crippen molar-refractivity contribution >= 4 is 11.9 Å². The zero-order valence-corrected chi connectivity index (χ0v) is 15.5. The molecule has 1 fully saturated rings. The highest BCUT2D eigenvalue weighted by atomic mass is 19.1. The molecule has 2 atom stereocenters. The van der Waals surface area contributed by atoms with Crippen molar-refractivity contribution in [2.24, 2.45) is 0 Å². The molecule has 1 aliphatic rings. The molecule has 0 bridgehead atoms. The Morgan fingerprint density at radius 3 is 2.81 bits per heavy atom. The van der Waals surface area contributed by atoms with Crippen LogP contribution in [0.2, 0.25) is 0 Å². The second-order valence-corrected chi connectivity index (χ2v) is 7.04. The van der Waals surface area contributed by atoms with Crippen molar-refractivity contribution < 1.29 is 24.2 Å². The van der Waals surface area contributed by atoms with Crippen molar-refractivity contribution in [1.82, 2.24) is 4.90 Å². The number of aliphatic hydroxyl groups is 1. The zero-order valence-electron chi connectivity index (χ0n) is 15.5. The maximum Gasteiger partial charge on any atom is 0.303 e. The molecule has 1 aromatic rings. The number of carbonyl (C=O) groups is 2. The van der Waals surface area contributed by atoms with Crippen molar-refractivity contribution in [3.8, 4) is 0 Å². The van der Waals surface area contributed by atoms with Gasteiger partial charge in [0.1, 0.15) is 5.82 Å². The number of unbranched alkanes of at least 4 members (excludes halogenated alkanes) is 3. The highest BCUT2D eigenvalue weighted by molar-refractivity contribution is 5.79. The molecule has 6 heteroatoms. The van der Waals surface area contributed by atoms with Gasteiger partial charge in [0.05, 0.1) is 12.1 Å². The molecule has 0 aromatic heterocycles. The summed E-state index contributed by atoms with van der Waals surface area (Å²) in [5, 5.41) is 18.8. The molecule has 27 heavy (non-hydrogen) atoms. The van der Waals surface area contributed by atoms with Crippen LogP contribution in [0.3, 0.4) is 0 Å². The van der Waals surface area contributed by atoms with E-state index in [0.717, 1.165) is 31.2 Å². The molecule has 0 aliphatic carbocycles. The summed E-state index contributed by atoms with van der Waals surface area (Å²) < 4.78 is 13.2. The maximum atomic E-state index is 13.2. The Morgan fingerprint density at radius 1 is 1.30 bits per heavy atom. The van der Waals surface area contributed by atoms with Crippen molar-refractivity contribution in [2.75, 3.05) is 6.54 Å². The molecule has 2 N–H and O–H groups in total. The van der Waals surface area contributed by atoms with Crippen LogP contribution in [0.15, 0.2) is 36.4 Å². The lowest BCUT2D eigenvalue weighted by atomic mass is 10.1. The first kappa shape index (κ1) is 21.1. The molecule has 0 unspecified atom stereocenters. The minimum atomic E-state index is -0.772. The van der Waals surface area contributed by atoms with Crippen molar-refractivity contribution in [2.45, 2.75) is 63.5 Å².